The van der Waals surface area contributed by atoms with E-state index >= 15 is 0 Å². The lowest BCUT2D eigenvalue weighted by Gasteiger charge is -2.35. The summed E-state index contributed by atoms with van der Waals surface area (Å²) in [7, 11) is 0. The average Bonchev–Trinajstić information content (AvgIpc) is 2.50. The third-order valence-corrected chi connectivity index (χ3v) is 4.32. The van der Waals surface area contributed by atoms with Gasteiger partial charge in [-0.25, -0.2) is 4.39 Å². The summed E-state index contributed by atoms with van der Waals surface area (Å²) < 4.78 is 18.0. The monoisotopic (exact) mass is 364 g/mol. The number of anilines is 1. The van der Waals surface area contributed by atoms with Gasteiger partial charge >= 0.3 is 5.97 Å². The standard InChI is InChI=1S/C19H25FN2O4/c1-19(2,3)22(17(24)12-26-18(25)13-5-4-6-13)11-16(23)21-15-9-7-14(20)8-10-15/h7-10,13H,4-6,11-12H2,1-3H3,(H,21,23). The Labute approximate surface area is 152 Å². The maximum atomic E-state index is 12.9. The van der Waals surface area contributed by atoms with Crippen molar-refractivity contribution < 1.29 is 23.5 Å². The van der Waals surface area contributed by atoms with E-state index in [1.54, 1.807) is 20.8 Å². The molecule has 1 aliphatic carbocycles. The van der Waals surface area contributed by atoms with E-state index in [4.69, 9.17) is 4.74 Å². The predicted molar refractivity (Wildman–Crippen MR) is 94.8 cm³/mol. The minimum absolute atomic E-state index is 0.104. The van der Waals surface area contributed by atoms with E-state index in [9.17, 15) is 18.8 Å². The van der Waals surface area contributed by atoms with Crippen molar-refractivity contribution in [1.29, 1.82) is 0 Å². The molecule has 1 aromatic carbocycles. The van der Waals surface area contributed by atoms with Crippen LogP contribution in [0.1, 0.15) is 40.0 Å². The molecule has 7 heteroatoms. The second-order valence-electron chi connectivity index (χ2n) is 7.44. The number of nitrogens with one attached hydrogen (secondary N) is 1. The first-order valence-electron chi connectivity index (χ1n) is 8.69. The summed E-state index contributed by atoms with van der Waals surface area (Å²) in [6.45, 7) is 4.81. The van der Waals surface area contributed by atoms with E-state index in [2.05, 4.69) is 5.32 Å². The maximum Gasteiger partial charge on any atom is 0.309 e. The van der Waals surface area contributed by atoms with Gasteiger partial charge in [-0.1, -0.05) is 6.42 Å². The smallest absolute Gasteiger partial charge is 0.309 e. The SMILES string of the molecule is CC(C)(C)N(CC(=O)Nc1ccc(F)cc1)C(=O)COC(=O)C1CCC1. The fourth-order valence-electron chi connectivity index (χ4n) is 2.55. The Morgan fingerprint density at radius 2 is 1.81 bits per heavy atom. The van der Waals surface area contributed by atoms with E-state index in [0.717, 1.165) is 19.3 Å². The molecule has 1 N–H and O–H groups in total. The van der Waals surface area contributed by atoms with Gasteiger partial charge in [-0.3, -0.25) is 14.4 Å². The van der Waals surface area contributed by atoms with E-state index in [1.165, 1.54) is 29.2 Å². The quantitative estimate of drug-likeness (QED) is 0.788. The molecule has 0 saturated heterocycles. The minimum Gasteiger partial charge on any atom is -0.455 e. The lowest BCUT2D eigenvalue weighted by atomic mass is 9.86. The molecular formula is C19H25FN2O4. The van der Waals surface area contributed by atoms with Gasteiger partial charge in [0, 0.05) is 11.2 Å². The van der Waals surface area contributed by atoms with Crippen LogP contribution >= 0.6 is 0 Å². The number of benzene rings is 1. The highest BCUT2D eigenvalue weighted by atomic mass is 19.1. The lowest BCUT2D eigenvalue weighted by Crippen LogP contribution is -2.51. The Hall–Kier alpha value is -2.44. The van der Waals surface area contributed by atoms with Gasteiger partial charge in [0.2, 0.25) is 5.91 Å². The average molecular weight is 364 g/mol. The molecule has 26 heavy (non-hydrogen) atoms. The van der Waals surface area contributed by atoms with Crippen molar-refractivity contribution in [2.24, 2.45) is 5.92 Å². The van der Waals surface area contributed by atoms with Gasteiger partial charge in [-0.15, -0.1) is 0 Å². The van der Waals surface area contributed by atoms with Gasteiger partial charge in [0.1, 0.15) is 12.4 Å². The molecular weight excluding hydrogens is 339 g/mol. The second kappa shape index (κ2) is 8.29. The van der Waals surface area contributed by atoms with E-state index in [1.807, 2.05) is 0 Å². The van der Waals surface area contributed by atoms with E-state index in [-0.39, 0.29) is 25.0 Å². The number of nitrogens with zero attached hydrogens (tertiary/aromatic N) is 1. The number of hydrogen-bond donors (Lipinski definition) is 1. The molecule has 0 bridgehead atoms. The van der Waals surface area contributed by atoms with E-state index < -0.39 is 23.2 Å². The number of ether oxygens (including phenoxy) is 1. The van der Waals surface area contributed by atoms with Crippen LogP contribution < -0.4 is 5.32 Å². The van der Waals surface area contributed by atoms with Crippen molar-refractivity contribution in [2.45, 2.75) is 45.6 Å². The molecule has 0 unspecified atom stereocenters. The van der Waals surface area contributed by atoms with Crippen molar-refractivity contribution in [1.82, 2.24) is 4.90 Å². The summed E-state index contributed by atoms with van der Waals surface area (Å²) in [5, 5.41) is 2.62. The molecule has 1 saturated carbocycles. The zero-order valence-corrected chi connectivity index (χ0v) is 15.4. The molecule has 0 aromatic heterocycles. The maximum absolute atomic E-state index is 12.9. The molecule has 1 aliphatic rings. The van der Waals surface area contributed by atoms with Gasteiger partial charge in [0.15, 0.2) is 6.61 Å². The van der Waals surface area contributed by atoms with Crippen LogP contribution in [-0.4, -0.2) is 41.4 Å². The summed E-state index contributed by atoms with van der Waals surface area (Å²) in [4.78, 5) is 37.9. The molecule has 1 aromatic rings. The van der Waals surface area contributed by atoms with Crippen molar-refractivity contribution in [3.8, 4) is 0 Å². The van der Waals surface area contributed by atoms with Gasteiger partial charge < -0.3 is 15.0 Å². The van der Waals surface area contributed by atoms with Gasteiger partial charge in [0.05, 0.1) is 5.92 Å². The molecule has 142 valence electrons. The first-order valence-corrected chi connectivity index (χ1v) is 8.69. The predicted octanol–water partition coefficient (Wildman–Crippen LogP) is 2.73. The topological polar surface area (TPSA) is 75.7 Å². The molecule has 0 heterocycles. The molecule has 2 rings (SSSR count). The van der Waals surface area contributed by atoms with Gasteiger partial charge in [-0.05, 0) is 57.9 Å². The van der Waals surface area contributed by atoms with Crippen LogP contribution in [0.3, 0.4) is 0 Å². The first kappa shape index (κ1) is 19.9. The summed E-state index contributed by atoms with van der Waals surface area (Å²) >= 11 is 0. The largest absolute Gasteiger partial charge is 0.455 e. The number of rotatable bonds is 6. The molecule has 0 atom stereocenters. The normalized spacial score (nSPS) is 14.3. The Morgan fingerprint density at radius 3 is 2.31 bits per heavy atom. The van der Waals surface area contributed by atoms with Crippen LogP contribution in [-0.2, 0) is 19.1 Å². The molecule has 0 spiro atoms. The van der Waals surface area contributed by atoms with Crippen molar-refractivity contribution in [3.63, 3.8) is 0 Å². The Balaban J connectivity index is 1.92. The summed E-state index contributed by atoms with van der Waals surface area (Å²) in [6, 6.07) is 5.36. The minimum atomic E-state index is -0.625. The van der Waals surface area contributed by atoms with Crippen LogP contribution in [0.4, 0.5) is 10.1 Å². The zero-order chi connectivity index (χ0) is 19.3. The highest BCUT2D eigenvalue weighted by molar-refractivity contribution is 5.95. The second-order valence-corrected chi connectivity index (χ2v) is 7.44. The van der Waals surface area contributed by atoms with Crippen molar-refractivity contribution >= 4 is 23.5 Å². The van der Waals surface area contributed by atoms with Gasteiger partial charge in [-0.2, -0.15) is 0 Å². The highest BCUT2D eigenvalue weighted by Gasteiger charge is 2.31. The van der Waals surface area contributed by atoms with Crippen LogP contribution in [0.25, 0.3) is 0 Å². The highest BCUT2D eigenvalue weighted by Crippen LogP contribution is 2.27. The first-order chi connectivity index (χ1) is 12.2. The summed E-state index contributed by atoms with van der Waals surface area (Å²) in [5.74, 6) is -1.70. The van der Waals surface area contributed by atoms with Crippen LogP contribution in [0, 0.1) is 11.7 Å². The Morgan fingerprint density at radius 1 is 1.19 bits per heavy atom. The Kier molecular flexibility index (Phi) is 6.34. The fourth-order valence-corrected chi connectivity index (χ4v) is 2.55. The number of esters is 1. The van der Waals surface area contributed by atoms with Gasteiger partial charge in [0.25, 0.3) is 5.91 Å². The summed E-state index contributed by atoms with van der Waals surface area (Å²) in [6.07, 6.45) is 2.61. The molecule has 1 fully saturated rings. The van der Waals surface area contributed by atoms with Crippen molar-refractivity contribution in [2.75, 3.05) is 18.5 Å². The van der Waals surface area contributed by atoms with Crippen molar-refractivity contribution in [3.05, 3.63) is 30.1 Å². The number of carbonyl (C=O) groups is 3. The third-order valence-electron chi connectivity index (χ3n) is 4.32. The molecule has 0 radical (unpaired) electrons. The lowest BCUT2D eigenvalue weighted by molar-refractivity contribution is -0.159. The number of amides is 2. The zero-order valence-electron chi connectivity index (χ0n) is 15.4. The number of hydrogen-bond acceptors (Lipinski definition) is 4. The number of carbonyl (C=O) groups excluding carboxylic acids is 3. The fraction of sp³-hybridized carbons (Fsp3) is 0.526. The Bertz CT molecular complexity index is 663. The third kappa shape index (κ3) is 5.54. The summed E-state index contributed by atoms with van der Waals surface area (Å²) in [5.41, 5.74) is -0.186. The van der Waals surface area contributed by atoms with Crippen LogP contribution in [0.15, 0.2) is 24.3 Å². The van der Waals surface area contributed by atoms with E-state index in [0.29, 0.717) is 5.69 Å². The van der Waals surface area contributed by atoms with Crippen LogP contribution in [0.5, 0.6) is 0 Å². The molecule has 2 amide bonds. The molecule has 0 aliphatic heterocycles. The molecule has 6 nitrogen and oxygen atoms in total. The van der Waals surface area contributed by atoms with Crippen LogP contribution in [0.2, 0.25) is 0 Å². The number of halogens is 1.